The van der Waals surface area contributed by atoms with Crippen LogP contribution in [0.4, 0.5) is 0 Å². The maximum Gasteiger partial charge on any atom is 0.191 e. The molecule has 0 atom stereocenters. The summed E-state index contributed by atoms with van der Waals surface area (Å²) >= 11 is 5.77. The van der Waals surface area contributed by atoms with Gasteiger partial charge in [-0.15, -0.1) is 0 Å². The van der Waals surface area contributed by atoms with Crippen molar-refractivity contribution in [2.24, 2.45) is 4.99 Å². The summed E-state index contributed by atoms with van der Waals surface area (Å²) in [4.78, 5) is 8.62. The van der Waals surface area contributed by atoms with Gasteiger partial charge in [0, 0.05) is 38.2 Å². The van der Waals surface area contributed by atoms with Crippen LogP contribution in [-0.4, -0.2) is 40.4 Å². The van der Waals surface area contributed by atoms with Crippen LogP contribution in [0.2, 0.25) is 5.15 Å². The lowest BCUT2D eigenvalue weighted by Crippen LogP contribution is -2.39. The highest BCUT2D eigenvalue weighted by Gasteiger charge is 1.98. The molecule has 0 aliphatic rings. The lowest BCUT2D eigenvalue weighted by atomic mass is 10.2. The van der Waals surface area contributed by atoms with Crippen LogP contribution >= 0.6 is 11.6 Å². The van der Waals surface area contributed by atoms with Crippen molar-refractivity contribution < 1.29 is 0 Å². The topological polar surface area (TPSA) is 67.1 Å². The number of hydrogen-bond donors (Lipinski definition) is 2. The van der Waals surface area contributed by atoms with Crippen molar-refractivity contribution in [3.63, 3.8) is 0 Å². The van der Waals surface area contributed by atoms with Gasteiger partial charge in [0.05, 0.1) is 6.54 Å². The largest absolute Gasteiger partial charge is 0.357 e. The Morgan fingerprint density at radius 3 is 2.95 bits per heavy atom. The third kappa shape index (κ3) is 5.73. The quantitative estimate of drug-likeness (QED) is 0.463. The fourth-order valence-corrected chi connectivity index (χ4v) is 2.03. The molecule has 0 aliphatic heterocycles. The Hall–Kier alpha value is -2.08. The zero-order chi connectivity index (χ0) is 15.6. The van der Waals surface area contributed by atoms with E-state index in [1.807, 2.05) is 29.9 Å². The molecule has 0 fully saturated rings. The van der Waals surface area contributed by atoms with Gasteiger partial charge in [0.15, 0.2) is 5.96 Å². The molecule has 0 saturated carbocycles. The first kappa shape index (κ1) is 16.3. The van der Waals surface area contributed by atoms with Gasteiger partial charge in [0.25, 0.3) is 0 Å². The van der Waals surface area contributed by atoms with Crippen molar-refractivity contribution in [1.82, 2.24) is 25.4 Å². The predicted octanol–water partition coefficient (Wildman–Crippen LogP) is 1.73. The molecule has 118 valence electrons. The normalized spacial score (nSPS) is 11.5. The Bertz CT molecular complexity index is 564. The number of guanidine groups is 1. The fourth-order valence-electron chi connectivity index (χ4n) is 1.91. The van der Waals surface area contributed by atoms with Gasteiger partial charge >= 0.3 is 0 Å². The Balaban J connectivity index is 1.77. The van der Waals surface area contributed by atoms with Gasteiger partial charge in [-0.3, -0.25) is 9.67 Å². The maximum atomic E-state index is 5.77. The first-order valence-corrected chi connectivity index (χ1v) is 7.76. The van der Waals surface area contributed by atoms with Crippen LogP contribution in [0.15, 0.2) is 41.8 Å². The number of pyridine rings is 1. The summed E-state index contributed by atoms with van der Waals surface area (Å²) in [6.45, 7) is 5.15. The van der Waals surface area contributed by atoms with E-state index in [-0.39, 0.29) is 0 Å². The second-order valence-corrected chi connectivity index (χ2v) is 5.08. The summed E-state index contributed by atoms with van der Waals surface area (Å²) in [5.41, 5.74) is 1.13. The minimum Gasteiger partial charge on any atom is -0.357 e. The van der Waals surface area contributed by atoms with Crippen molar-refractivity contribution in [1.29, 1.82) is 0 Å². The van der Waals surface area contributed by atoms with E-state index in [1.54, 1.807) is 18.5 Å². The van der Waals surface area contributed by atoms with Crippen LogP contribution in [0.5, 0.6) is 0 Å². The van der Waals surface area contributed by atoms with Crippen molar-refractivity contribution in [2.45, 2.75) is 19.9 Å². The van der Waals surface area contributed by atoms with E-state index in [0.29, 0.717) is 11.7 Å². The zero-order valence-electron chi connectivity index (χ0n) is 12.7. The summed E-state index contributed by atoms with van der Waals surface area (Å²) in [6, 6.07) is 5.69. The molecule has 2 N–H and O–H groups in total. The van der Waals surface area contributed by atoms with Crippen molar-refractivity contribution in [3.05, 3.63) is 47.5 Å². The summed E-state index contributed by atoms with van der Waals surface area (Å²) in [6.07, 6.45) is 6.34. The van der Waals surface area contributed by atoms with E-state index >= 15 is 0 Å². The van der Waals surface area contributed by atoms with E-state index in [2.05, 4.69) is 25.7 Å². The summed E-state index contributed by atoms with van der Waals surface area (Å²) < 4.78 is 1.88. The van der Waals surface area contributed by atoms with Crippen LogP contribution in [0, 0.1) is 0 Å². The minimum atomic E-state index is 0.515. The Morgan fingerprint density at radius 2 is 2.27 bits per heavy atom. The molecule has 0 amide bonds. The first-order valence-electron chi connectivity index (χ1n) is 7.38. The Kier molecular flexibility index (Phi) is 6.70. The molecule has 0 aromatic carbocycles. The molecule has 0 radical (unpaired) electrons. The molecule has 0 aliphatic carbocycles. The molecule has 7 heteroatoms. The number of rotatable bonds is 7. The smallest absolute Gasteiger partial charge is 0.191 e. The maximum absolute atomic E-state index is 5.77. The molecule has 0 bridgehead atoms. The van der Waals surface area contributed by atoms with Crippen LogP contribution in [-0.2, 0) is 13.0 Å². The number of nitrogens with one attached hydrogen (secondary N) is 2. The molecule has 0 spiro atoms. The molecular weight excluding hydrogens is 300 g/mol. The molecule has 22 heavy (non-hydrogen) atoms. The van der Waals surface area contributed by atoms with Gasteiger partial charge < -0.3 is 10.6 Å². The summed E-state index contributed by atoms with van der Waals surface area (Å²) in [7, 11) is 0. The third-order valence-corrected chi connectivity index (χ3v) is 3.22. The highest BCUT2D eigenvalue weighted by atomic mass is 35.5. The van der Waals surface area contributed by atoms with Gasteiger partial charge in [-0.1, -0.05) is 17.7 Å². The number of halogens is 1. The SMILES string of the molecule is CCNC(=NCCc1ccc(Cl)nc1)NCCn1cccn1. The summed E-state index contributed by atoms with van der Waals surface area (Å²) in [5, 5.41) is 11.2. The second-order valence-electron chi connectivity index (χ2n) is 4.70. The average Bonchev–Trinajstić information content (AvgIpc) is 3.02. The van der Waals surface area contributed by atoms with E-state index in [0.717, 1.165) is 37.6 Å². The molecule has 0 saturated heterocycles. The molecule has 2 rings (SSSR count). The van der Waals surface area contributed by atoms with E-state index in [1.165, 1.54) is 0 Å². The number of hydrogen-bond acceptors (Lipinski definition) is 3. The van der Waals surface area contributed by atoms with Gasteiger partial charge in [-0.05, 0) is 31.0 Å². The molecule has 2 aromatic heterocycles. The third-order valence-electron chi connectivity index (χ3n) is 3.00. The van der Waals surface area contributed by atoms with Crippen molar-refractivity contribution >= 4 is 17.6 Å². The van der Waals surface area contributed by atoms with Gasteiger partial charge in [-0.2, -0.15) is 5.10 Å². The van der Waals surface area contributed by atoms with Crippen LogP contribution in [0.1, 0.15) is 12.5 Å². The van der Waals surface area contributed by atoms with E-state index in [4.69, 9.17) is 11.6 Å². The van der Waals surface area contributed by atoms with Gasteiger partial charge in [0.2, 0.25) is 0 Å². The number of aliphatic imine (C=N–C) groups is 1. The lowest BCUT2D eigenvalue weighted by Gasteiger charge is -2.11. The minimum absolute atomic E-state index is 0.515. The van der Waals surface area contributed by atoms with E-state index < -0.39 is 0 Å². The monoisotopic (exact) mass is 320 g/mol. The fraction of sp³-hybridized carbons (Fsp3) is 0.400. The molecule has 2 aromatic rings. The van der Waals surface area contributed by atoms with Gasteiger partial charge in [0.1, 0.15) is 5.15 Å². The average molecular weight is 321 g/mol. The van der Waals surface area contributed by atoms with Crippen LogP contribution < -0.4 is 10.6 Å². The number of nitrogens with zero attached hydrogens (tertiary/aromatic N) is 4. The Labute approximate surface area is 135 Å². The highest BCUT2D eigenvalue weighted by Crippen LogP contribution is 2.05. The van der Waals surface area contributed by atoms with Crippen LogP contribution in [0.3, 0.4) is 0 Å². The summed E-state index contributed by atoms with van der Waals surface area (Å²) in [5.74, 6) is 0.816. The van der Waals surface area contributed by atoms with Crippen molar-refractivity contribution in [3.8, 4) is 0 Å². The molecule has 2 heterocycles. The standard InChI is InChI=1S/C15H21ClN6/c1-2-17-15(19-9-11-22-10-3-7-21-22)18-8-6-13-4-5-14(16)20-12-13/h3-5,7,10,12H,2,6,8-9,11H2,1H3,(H2,17,18,19). The number of aromatic nitrogens is 3. The lowest BCUT2D eigenvalue weighted by molar-refractivity contribution is 0.598. The zero-order valence-corrected chi connectivity index (χ0v) is 13.4. The van der Waals surface area contributed by atoms with Crippen molar-refractivity contribution in [2.75, 3.05) is 19.6 Å². The molecular formula is C15H21ClN6. The first-order chi connectivity index (χ1) is 10.8. The molecule has 6 nitrogen and oxygen atoms in total. The van der Waals surface area contributed by atoms with Gasteiger partial charge in [-0.25, -0.2) is 4.98 Å². The van der Waals surface area contributed by atoms with E-state index in [9.17, 15) is 0 Å². The predicted molar refractivity (Wildman–Crippen MR) is 89.2 cm³/mol. The Morgan fingerprint density at radius 1 is 1.36 bits per heavy atom. The molecule has 0 unspecified atom stereocenters. The highest BCUT2D eigenvalue weighted by molar-refractivity contribution is 6.29. The van der Waals surface area contributed by atoms with Crippen LogP contribution in [0.25, 0.3) is 0 Å². The second kappa shape index (κ2) is 9.04.